The van der Waals surface area contributed by atoms with Crippen LogP contribution in [0.4, 0.5) is 8.78 Å². The third-order valence-corrected chi connectivity index (χ3v) is 3.74. The van der Waals surface area contributed by atoms with Crippen LogP contribution < -0.4 is 0 Å². The standard InChI is InChI=1S/C17H7F2NO5/c18-8-5-12(19)14-11(7-24-13(14)6-8)17(23)25-20-15(21)9-3-1-2-4-10(9)16(20)22/h1-7H. The monoisotopic (exact) mass is 343 g/mol. The first-order valence-corrected chi connectivity index (χ1v) is 7.03. The largest absolute Gasteiger partial charge is 0.463 e. The fourth-order valence-electron chi connectivity index (χ4n) is 2.62. The van der Waals surface area contributed by atoms with E-state index in [4.69, 9.17) is 9.25 Å². The molecule has 0 N–H and O–H groups in total. The Balaban J connectivity index is 1.68. The number of nitrogens with zero attached hydrogens (tertiary/aromatic N) is 1. The topological polar surface area (TPSA) is 76.8 Å². The van der Waals surface area contributed by atoms with Crippen LogP contribution in [0.5, 0.6) is 0 Å². The van der Waals surface area contributed by atoms with E-state index in [1.54, 1.807) is 12.1 Å². The molecule has 1 aliphatic heterocycles. The molecule has 0 atom stereocenters. The number of imide groups is 1. The number of carbonyl (C=O) groups excluding carboxylic acids is 3. The van der Waals surface area contributed by atoms with Gasteiger partial charge >= 0.3 is 5.97 Å². The molecule has 2 heterocycles. The minimum Gasteiger partial charge on any atom is -0.463 e. The van der Waals surface area contributed by atoms with Crippen LogP contribution in [0.2, 0.25) is 0 Å². The predicted molar refractivity (Wildman–Crippen MR) is 78.5 cm³/mol. The van der Waals surface area contributed by atoms with Crippen molar-refractivity contribution in [2.75, 3.05) is 0 Å². The highest BCUT2D eigenvalue weighted by Gasteiger charge is 2.39. The van der Waals surface area contributed by atoms with E-state index in [0.29, 0.717) is 11.1 Å². The van der Waals surface area contributed by atoms with Crippen LogP contribution in [-0.4, -0.2) is 22.8 Å². The quantitative estimate of drug-likeness (QED) is 0.668. The lowest BCUT2D eigenvalue weighted by Gasteiger charge is -2.12. The summed E-state index contributed by atoms with van der Waals surface area (Å²) in [6, 6.07) is 7.43. The molecule has 0 radical (unpaired) electrons. The first kappa shape index (κ1) is 15.0. The van der Waals surface area contributed by atoms with Crippen molar-refractivity contribution in [1.82, 2.24) is 5.06 Å². The Morgan fingerprint density at radius 1 is 1.04 bits per heavy atom. The van der Waals surface area contributed by atoms with Crippen LogP contribution in [0.1, 0.15) is 31.1 Å². The Morgan fingerprint density at radius 2 is 1.68 bits per heavy atom. The van der Waals surface area contributed by atoms with Gasteiger partial charge in [0.25, 0.3) is 11.8 Å². The zero-order chi connectivity index (χ0) is 17.7. The number of halogens is 2. The van der Waals surface area contributed by atoms with E-state index in [1.807, 2.05) is 0 Å². The maximum Gasteiger partial charge on any atom is 0.367 e. The zero-order valence-corrected chi connectivity index (χ0v) is 12.3. The second-order valence-electron chi connectivity index (χ2n) is 5.24. The van der Waals surface area contributed by atoms with E-state index in [2.05, 4.69) is 0 Å². The number of benzene rings is 2. The average molecular weight is 343 g/mol. The van der Waals surface area contributed by atoms with Crippen LogP contribution in [0, 0.1) is 11.6 Å². The zero-order valence-electron chi connectivity index (χ0n) is 12.3. The molecule has 0 fully saturated rings. The molecule has 8 heteroatoms. The first-order chi connectivity index (χ1) is 12.0. The van der Waals surface area contributed by atoms with Crippen molar-refractivity contribution in [1.29, 1.82) is 0 Å². The minimum atomic E-state index is -1.18. The summed E-state index contributed by atoms with van der Waals surface area (Å²) in [5, 5.41) is -0.00390. The molecule has 0 aliphatic carbocycles. The first-order valence-electron chi connectivity index (χ1n) is 7.03. The molecular formula is C17H7F2NO5. The Labute approximate surface area is 138 Å². The smallest absolute Gasteiger partial charge is 0.367 e. The van der Waals surface area contributed by atoms with Gasteiger partial charge < -0.3 is 9.25 Å². The third-order valence-electron chi connectivity index (χ3n) is 3.74. The normalized spacial score (nSPS) is 13.4. The van der Waals surface area contributed by atoms with Crippen molar-refractivity contribution >= 4 is 28.8 Å². The third kappa shape index (κ3) is 2.18. The lowest BCUT2D eigenvalue weighted by Crippen LogP contribution is -2.32. The van der Waals surface area contributed by atoms with E-state index >= 15 is 0 Å². The summed E-state index contributed by atoms with van der Waals surface area (Å²) >= 11 is 0. The SMILES string of the molecule is O=C(ON1C(=O)c2ccccc2C1=O)c1coc2cc(F)cc(F)c12. The molecule has 25 heavy (non-hydrogen) atoms. The Morgan fingerprint density at radius 3 is 2.32 bits per heavy atom. The second-order valence-corrected chi connectivity index (χ2v) is 5.24. The summed E-state index contributed by atoms with van der Waals surface area (Å²) in [6.45, 7) is 0. The van der Waals surface area contributed by atoms with Crippen LogP contribution in [0.25, 0.3) is 11.0 Å². The summed E-state index contributed by atoms with van der Waals surface area (Å²) in [6.07, 6.45) is 0.869. The minimum absolute atomic E-state index is 0.0885. The Hall–Kier alpha value is -3.55. The maximum absolute atomic E-state index is 13.9. The molecule has 1 aliphatic rings. The van der Waals surface area contributed by atoms with Gasteiger partial charge in [-0.1, -0.05) is 17.2 Å². The lowest BCUT2D eigenvalue weighted by molar-refractivity contribution is -0.0583. The molecule has 0 spiro atoms. The van der Waals surface area contributed by atoms with E-state index < -0.39 is 29.4 Å². The summed E-state index contributed by atoms with van der Waals surface area (Å²) < 4.78 is 32.0. The number of furan rings is 1. The molecule has 6 nitrogen and oxygen atoms in total. The molecule has 0 unspecified atom stereocenters. The van der Waals surface area contributed by atoms with Gasteiger partial charge in [-0.2, -0.15) is 0 Å². The molecule has 124 valence electrons. The fourth-order valence-corrected chi connectivity index (χ4v) is 2.62. The molecule has 1 aromatic heterocycles. The van der Waals surface area contributed by atoms with Crippen LogP contribution in [0.3, 0.4) is 0 Å². The van der Waals surface area contributed by atoms with E-state index in [9.17, 15) is 23.2 Å². The van der Waals surface area contributed by atoms with Crippen molar-refractivity contribution in [2.24, 2.45) is 0 Å². The Bertz CT molecular complexity index is 1040. The number of carbonyl (C=O) groups is 3. The summed E-state index contributed by atoms with van der Waals surface area (Å²) in [7, 11) is 0. The number of amides is 2. The average Bonchev–Trinajstić information content (AvgIpc) is 3.11. The summed E-state index contributed by atoms with van der Waals surface area (Å²) in [4.78, 5) is 41.4. The Kier molecular flexibility index (Phi) is 3.14. The van der Waals surface area contributed by atoms with Gasteiger partial charge in [0.05, 0.1) is 16.5 Å². The second kappa shape index (κ2) is 5.23. The van der Waals surface area contributed by atoms with Crippen LogP contribution in [-0.2, 0) is 4.84 Å². The van der Waals surface area contributed by atoms with E-state index in [-0.39, 0.29) is 27.7 Å². The molecule has 4 rings (SSSR count). The van der Waals surface area contributed by atoms with Crippen molar-refractivity contribution < 1.29 is 32.4 Å². The molecule has 0 bridgehead atoms. The van der Waals surface area contributed by atoms with Crippen LogP contribution in [0.15, 0.2) is 47.1 Å². The molecule has 0 saturated carbocycles. The number of hydroxylamine groups is 2. The molecule has 2 amide bonds. The molecular weight excluding hydrogens is 336 g/mol. The van der Waals surface area contributed by atoms with Gasteiger partial charge in [-0.05, 0) is 12.1 Å². The highest BCUT2D eigenvalue weighted by Crippen LogP contribution is 2.28. The van der Waals surface area contributed by atoms with E-state index in [0.717, 1.165) is 12.3 Å². The van der Waals surface area contributed by atoms with Gasteiger partial charge in [-0.15, -0.1) is 0 Å². The number of hydrogen-bond acceptors (Lipinski definition) is 5. The molecule has 0 saturated heterocycles. The van der Waals surface area contributed by atoms with Gasteiger partial charge in [-0.3, -0.25) is 9.59 Å². The fraction of sp³-hybridized carbons (Fsp3) is 0. The highest BCUT2D eigenvalue weighted by molar-refractivity contribution is 6.21. The van der Waals surface area contributed by atoms with Gasteiger partial charge in [0.15, 0.2) is 0 Å². The van der Waals surface area contributed by atoms with Crippen molar-refractivity contribution in [3.63, 3.8) is 0 Å². The number of fused-ring (bicyclic) bond motifs is 2. The summed E-state index contributed by atoms with van der Waals surface area (Å²) in [5.74, 6) is -4.71. The van der Waals surface area contributed by atoms with Crippen molar-refractivity contribution in [3.05, 3.63) is 71.0 Å². The van der Waals surface area contributed by atoms with Crippen LogP contribution >= 0.6 is 0 Å². The van der Waals surface area contributed by atoms with Crippen molar-refractivity contribution in [2.45, 2.75) is 0 Å². The van der Waals surface area contributed by atoms with Gasteiger partial charge in [0.2, 0.25) is 0 Å². The summed E-state index contributed by atoms with van der Waals surface area (Å²) in [5.41, 5.74) is -0.396. The number of hydrogen-bond donors (Lipinski definition) is 0. The van der Waals surface area contributed by atoms with Gasteiger partial charge in [0.1, 0.15) is 29.0 Å². The maximum atomic E-state index is 13.9. The predicted octanol–water partition coefficient (Wildman–Crippen LogP) is 3.08. The highest BCUT2D eigenvalue weighted by atomic mass is 19.1. The lowest BCUT2D eigenvalue weighted by atomic mass is 10.1. The molecule has 3 aromatic rings. The van der Waals surface area contributed by atoms with Crippen molar-refractivity contribution in [3.8, 4) is 0 Å². The van der Waals surface area contributed by atoms with Gasteiger partial charge in [-0.25, -0.2) is 13.6 Å². The number of rotatable bonds is 2. The van der Waals surface area contributed by atoms with Gasteiger partial charge in [0, 0.05) is 12.1 Å². The molecule has 2 aromatic carbocycles. The van der Waals surface area contributed by atoms with E-state index in [1.165, 1.54) is 12.1 Å².